The van der Waals surface area contributed by atoms with Crippen LogP contribution in [0.4, 0.5) is 14.5 Å². The zero-order valence-electron chi connectivity index (χ0n) is 22.3. The fraction of sp³-hybridized carbons (Fsp3) is 0.129. The number of carbonyl (C=O) groups is 1. The second kappa shape index (κ2) is 9.58. The minimum absolute atomic E-state index is 0.0761. The van der Waals surface area contributed by atoms with Crippen molar-refractivity contribution in [2.75, 3.05) is 5.32 Å². The quantitative estimate of drug-likeness (QED) is 0.293. The lowest BCUT2D eigenvalue weighted by Gasteiger charge is -2.07. The first-order chi connectivity index (χ1) is 20.3. The molecular weight excluding hydrogens is 544 g/mol. The lowest BCUT2D eigenvalue weighted by atomic mass is 10.1. The number of aromatic nitrogens is 4. The molecule has 0 saturated carbocycles. The Morgan fingerprint density at radius 3 is 2.24 bits per heavy atom. The van der Waals surface area contributed by atoms with Gasteiger partial charge in [0.2, 0.25) is 0 Å². The molecule has 6 aromatic rings. The smallest absolute Gasteiger partial charge is 0.395 e. The van der Waals surface area contributed by atoms with Gasteiger partial charge in [0.1, 0.15) is 0 Å². The molecule has 9 nitrogen and oxygen atoms in total. The van der Waals surface area contributed by atoms with E-state index in [9.17, 15) is 18.4 Å². The van der Waals surface area contributed by atoms with Crippen molar-refractivity contribution in [3.8, 4) is 11.5 Å². The van der Waals surface area contributed by atoms with Crippen molar-refractivity contribution < 1.29 is 23.0 Å². The van der Waals surface area contributed by atoms with Gasteiger partial charge in [-0.25, -0.2) is 4.79 Å². The van der Waals surface area contributed by atoms with Crippen LogP contribution in [-0.4, -0.2) is 31.1 Å². The number of hydrogen-bond acceptors (Lipinski definition) is 5. The first-order valence-corrected chi connectivity index (χ1v) is 13.1. The number of ether oxygens (including phenoxy) is 2. The monoisotopic (exact) mass is 567 g/mol. The molecule has 7 rings (SSSR count). The van der Waals surface area contributed by atoms with E-state index in [0.717, 1.165) is 27.7 Å². The zero-order chi connectivity index (χ0) is 29.0. The predicted molar refractivity (Wildman–Crippen MR) is 152 cm³/mol. The van der Waals surface area contributed by atoms with E-state index in [1.807, 2.05) is 66.7 Å². The summed E-state index contributed by atoms with van der Waals surface area (Å²) in [7, 11) is 1.77. The maximum absolute atomic E-state index is 13.4. The molecule has 11 heteroatoms. The number of alkyl halides is 2. The van der Waals surface area contributed by atoms with E-state index in [2.05, 4.69) is 19.9 Å². The van der Waals surface area contributed by atoms with Crippen molar-refractivity contribution in [1.29, 1.82) is 0 Å². The molecule has 0 spiro atoms. The van der Waals surface area contributed by atoms with E-state index in [0.29, 0.717) is 18.5 Å². The van der Waals surface area contributed by atoms with Crippen molar-refractivity contribution in [2.24, 2.45) is 7.05 Å². The standard InChI is InChI=1S/C31H23F2N5O4/c1-36-24-8-4-5-9-25(24)37(30(36)40)17-19-10-12-20(13-11-19)18-38-23-7-3-2-6-22(23)28(35-38)29(39)34-21-14-15-26-27(16-21)42-31(32,33)41-26/h2-16H,17-18H2,1H3,(H,34,39). The molecule has 1 aliphatic heterocycles. The molecule has 4 aromatic carbocycles. The van der Waals surface area contributed by atoms with Crippen LogP contribution >= 0.6 is 0 Å². The Balaban J connectivity index is 1.12. The summed E-state index contributed by atoms with van der Waals surface area (Å²) in [6, 6.07) is 27.0. The van der Waals surface area contributed by atoms with Gasteiger partial charge in [-0.1, -0.05) is 54.6 Å². The first-order valence-electron chi connectivity index (χ1n) is 13.1. The van der Waals surface area contributed by atoms with Gasteiger partial charge in [0.25, 0.3) is 5.91 Å². The summed E-state index contributed by atoms with van der Waals surface area (Å²) in [6.07, 6.45) is -3.74. The molecular formula is C31H23F2N5O4. The van der Waals surface area contributed by atoms with E-state index in [1.165, 1.54) is 18.2 Å². The van der Waals surface area contributed by atoms with Crippen LogP contribution in [-0.2, 0) is 20.1 Å². The third-order valence-electron chi connectivity index (χ3n) is 7.28. The molecule has 42 heavy (non-hydrogen) atoms. The highest BCUT2D eigenvalue weighted by Crippen LogP contribution is 2.42. The van der Waals surface area contributed by atoms with E-state index < -0.39 is 12.2 Å². The summed E-state index contributed by atoms with van der Waals surface area (Å²) in [5.41, 5.74) is 4.84. The normalized spacial score (nSPS) is 13.6. The number of hydrogen-bond donors (Lipinski definition) is 1. The number of para-hydroxylation sites is 3. The van der Waals surface area contributed by atoms with Crippen LogP contribution in [0.5, 0.6) is 11.5 Å². The third kappa shape index (κ3) is 4.44. The first kappa shape index (κ1) is 25.5. The van der Waals surface area contributed by atoms with Crippen LogP contribution in [0.25, 0.3) is 21.9 Å². The molecule has 2 aromatic heterocycles. The number of imidazole rings is 1. The summed E-state index contributed by atoms with van der Waals surface area (Å²) in [5, 5.41) is 7.95. The van der Waals surface area contributed by atoms with Crippen LogP contribution in [0, 0.1) is 0 Å². The highest BCUT2D eigenvalue weighted by molar-refractivity contribution is 6.11. The van der Waals surface area contributed by atoms with E-state index in [1.54, 1.807) is 26.9 Å². The maximum atomic E-state index is 13.4. The summed E-state index contributed by atoms with van der Waals surface area (Å²) < 4.78 is 40.8. The predicted octanol–water partition coefficient (Wildman–Crippen LogP) is 5.36. The molecule has 0 atom stereocenters. The number of benzene rings is 4. The number of nitrogens with one attached hydrogen (secondary N) is 1. The van der Waals surface area contributed by atoms with E-state index >= 15 is 0 Å². The minimum atomic E-state index is -3.74. The number of aryl methyl sites for hydroxylation is 1. The fourth-order valence-corrected chi connectivity index (χ4v) is 5.25. The molecule has 0 saturated heterocycles. The highest BCUT2D eigenvalue weighted by Gasteiger charge is 2.43. The SMILES string of the molecule is Cn1c(=O)n(Cc2ccc(Cn3nc(C(=O)Nc4ccc5c(c4)OC(F)(F)O5)c4ccccc43)cc2)c2ccccc21. The van der Waals surface area contributed by atoms with E-state index in [4.69, 9.17) is 0 Å². The number of carbonyl (C=O) groups excluding carboxylic acids is 1. The van der Waals surface area contributed by atoms with Gasteiger partial charge >= 0.3 is 12.0 Å². The molecule has 3 heterocycles. The molecule has 0 fully saturated rings. The van der Waals surface area contributed by atoms with Gasteiger partial charge in [0.05, 0.1) is 29.6 Å². The minimum Gasteiger partial charge on any atom is -0.395 e. The summed E-state index contributed by atoms with van der Waals surface area (Å²) in [5.74, 6) is -0.767. The van der Waals surface area contributed by atoms with Crippen LogP contribution in [0.1, 0.15) is 21.6 Å². The Morgan fingerprint density at radius 2 is 1.48 bits per heavy atom. The van der Waals surface area contributed by atoms with Crippen molar-refractivity contribution in [3.05, 3.63) is 118 Å². The second-order valence-electron chi connectivity index (χ2n) is 10.0. The Labute approximate surface area is 237 Å². The Hall–Kier alpha value is -5.45. The summed E-state index contributed by atoms with van der Waals surface area (Å²) in [4.78, 5) is 26.0. The molecule has 1 amide bonds. The molecule has 0 unspecified atom stereocenters. The average Bonchev–Trinajstić information content (AvgIpc) is 3.58. The summed E-state index contributed by atoms with van der Waals surface area (Å²) >= 11 is 0. The van der Waals surface area contributed by atoms with Gasteiger partial charge in [0.15, 0.2) is 17.2 Å². The zero-order valence-corrected chi connectivity index (χ0v) is 22.3. The van der Waals surface area contributed by atoms with Crippen molar-refractivity contribution in [1.82, 2.24) is 18.9 Å². The van der Waals surface area contributed by atoms with Gasteiger partial charge in [-0.2, -0.15) is 5.10 Å². The van der Waals surface area contributed by atoms with E-state index in [-0.39, 0.29) is 28.6 Å². The number of amides is 1. The van der Waals surface area contributed by atoms with Crippen LogP contribution in [0.3, 0.4) is 0 Å². The van der Waals surface area contributed by atoms with Gasteiger partial charge < -0.3 is 14.8 Å². The molecule has 0 aliphatic carbocycles. The Kier molecular flexibility index (Phi) is 5.82. The van der Waals surface area contributed by atoms with Crippen LogP contribution < -0.4 is 20.5 Å². The Bertz CT molecular complexity index is 2060. The number of nitrogens with zero attached hydrogens (tertiary/aromatic N) is 4. The number of rotatable bonds is 6. The fourth-order valence-electron chi connectivity index (χ4n) is 5.25. The number of halogens is 2. The largest absolute Gasteiger partial charge is 0.586 e. The highest BCUT2D eigenvalue weighted by atomic mass is 19.3. The number of fused-ring (bicyclic) bond motifs is 3. The van der Waals surface area contributed by atoms with Crippen molar-refractivity contribution >= 4 is 33.5 Å². The van der Waals surface area contributed by atoms with Crippen molar-refractivity contribution in [3.63, 3.8) is 0 Å². The van der Waals surface area contributed by atoms with Gasteiger partial charge in [-0.05, 0) is 41.5 Å². The second-order valence-corrected chi connectivity index (χ2v) is 10.0. The Morgan fingerprint density at radius 1 is 0.833 bits per heavy atom. The average molecular weight is 568 g/mol. The topological polar surface area (TPSA) is 92.3 Å². The summed E-state index contributed by atoms with van der Waals surface area (Å²) in [6.45, 7) is 0.842. The lowest BCUT2D eigenvalue weighted by Crippen LogP contribution is -2.25. The van der Waals surface area contributed by atoms with Gasteiger partial charge in [0, 0.05) is 24.2 Å². The molecule has 0 radical (unpaired) electrons. The van der Waals surface area contributed by atoms with Crippen molar-refractivity contribution in [2.45, 2.75) is 19.4 Å². The lowest BCUT2D eigenvalue weighted by molar-refractivity contribution is -0.286. The maximum Gasteiger partial charge on any atom is 0.586 e. The molecule has 0 bridgehead atoms. The number of anilines is 1. The third-order valence-corrected chi connectivity index (χ3v) is 7.28. The van der Waals surface area contributed by atoms with Gasteiger partial charge in [-0.15, -0.1) is 8.78 Å². The van der Waals surface area contributed by atoms with Gasteiger partial charge in [-0.3, -0.25) is 18.6 Å². The molecule has 210 valence electrons. The molecule has 1 N–H and O–H groups in total. The van der Waals surface area contributed by atoms with Crippen LogP contribution in [0.2, 0.25) is 0 Å². The molecule has 1 aliphatic rings. The van der Waals surface area contributed by atoms with Crippen LogP contribution in [0.15, 0.2) is 95.8 Å².